The average Bonchev–Trinajstić information content (AvgIpc) is 2.54. The van der Waals surface area contributed by atoms with Gasteiger partial charge in [-0.05, 0) is 35.9 Å². The van der Waals surface area contributed by atoms with Gasteiger partial charge in [0.2, 0.25) is 0 Å². The maximum Gasteiger partial charge on any atom is 0.328 e. The van der Waals surface area contributed by atoms with E-state index >= 15 is 0 Å². The number of aliphatic carboxylic acids is 1. The van der Waals surface area contributed by atoms with E-state index in [1.807, 2.05) is 0 Å². The van der Waals surface area contributed by atoms with Crippen LogP contribution in [0, 0.1) is 5.82 Å². The molecule has 120 valence electrons. The Morgan fingerprint density at radius 1 is 1.30 bits per heavy atom. The molecule has 0 unspecified atom stereocenters. The number of ether oxygens (including phenoxy) is 2. The van der Waals surface area contributed by atoms with Crippen LogP contribution in [-0.2, 0) is 11.4 Å². The van der Waals surface area contributed by atoms with Gasteiger partial charge in [0, 0.05) is 17.7 Å². The summed E-state index contributed by atoms with van der Waals surface area (Å²) in [7, 11) is 1.52. The van der Waals surface area contributed by atoms with Gasteiger partial charge in [0.05, 0.1) is 12.1 Å². The summed E-state index contributed by atoms with van der Waals surface area (Å²) < 4.78 is 24.2. The molecule has 0 saturated carbocycles. The minimum atomic E-state index is -1.03. The lowest BCUT2D eigenvalue weighted by Gasteiger charge is -2.11. The summed E-state index contributed by atoms with van der Waals surface area (Å²) in [5.74, 6) is -0.670. The molecule has 0 amide bonds. The predicted molar refractivity (Wildman–Crippen MR) is 85.4 cm³/mol. The first-order valence-electron chi connectivity index (χ1n) is 6.65. The van der Waals surface area contributed by atoms with Crippen molar-refractivity contribution in [3.63, 3.8) is 0 Å². The molecule has 0 atom stereocenters. The van der Waals surface area contributed by atoms with Gasteiger partial charge in [-0.1, -0.05) is 17.7 Å². The Morgan fingerprint density at radius 2 is 2.09 bits per heavy atom. The molecule has 0 aromatic heterocycles. The molecule has 0 heterocycles. The zero-order valence-electron chi connectivity index (χ0n) is 12.3. The highest BCUT2D eigenvalue weighted by Crippen LogP contribution is 2.25. The SMILES string of the molecule is COc1ccc(/C=C/C(=O)O)cc1COc1ccc(Cl)c(F)c1. The zero-order valence-corrected chi connectivity index (χ0v) is 13.0. The molecule has 6 heteroatoms. The second kappa shape index (κ2) is 7.65. The van der Waals surface area contributed by atoms with Gasteiger partial charge in [0.25, 0.3) is 0 Å². The number of hydrogen-bond acceptors (Lipinski definition) is 3. The van der Waals surface area contributed by atoms with Crippen molar-refractivity contribution in [1.29, 1.82) is 0 Å². The van der Waals surface area contributed by atoms with Crippen LogP contribution in [0.15, 0.2) is 42.5 Å². The molecular formula is C17H14ClFO4. The number of hydrogen-bond donors (Lipinski definition) is 1. The summed E-state index contributed by atoms with van der Waals surface area (Å²) in [5, 5.41) is 8.69. The van der Waals surface area contributed by atoms with E-state index in [9.17, 15) is 9.18 Å². The fourth-order valence-corrected chi connectivity index (χ4v) is 2.03. The van der Waals surface area contributed by atoms with E-state index in [1.54, 1.807) is 24.3 Å². The molecular weight excluding hydrogens is 323 g/mol. The number of halogens is 2. The van der Waals surface area contributed by atoms with Gasteiger partial charge in [-0.2, -0.15) is 0 Å². The van der Waals surface area contributed by atoms with Crippen molar-refractivity contribution < 1.29 is 23.8 Å². The van der Waals surface area contributed by atoms with Gasteiger partial charge in [-0.3, -0.25) is 0 Å². The van der Waals surface area contributed by atoms with Crippen molar-refractivity contribution in [3.05, 3.63) is 64.4 Å². The van der Waals surface area contributed by atoms with Gasteiger partial charge in [0.15, 0.2) is 0 Å². The molecule has 0 aliphatic carbocycles. The molecule has 0 radical (unpaired) electrons. The summed E-state index contributed by atoms with van der Waals surface area (Å²) in [4.78, 5) is 10.6. The highest BCUT2D eigenvalue weighted by Gasteiger charge is 2.07. The first-order chi connectivity index (χ1) is 11.0. The van der Waals surface area contributed by atoms with Crippen molar-refractivity contribution in [3.8, 4) is 11.5 Å². The quantitative estimate of drug-likeness (QED) is 0.805. The number of rotatable bonds is 6. The van der Waals surface area contributed by atoms with Crippen LogP contribution in [0.5, 0.6) is 11.5 Å². The van der Waals surface area contributed by atoms with Crippen LogP contribution in [0.1, 0.15) is 11.1 Å². The van der Waals surface area contributed by atoms with Gasteiger partial charge >= 0.3 is 5.97 Å². The first-order valence-corrected chi connectivity index (χ1v) is 7.03. The van der Waals surface area contributed by atoms with E-state index < -0.39 is 11.8 Å². The normalized spacial score (nSPS) is 10.7. The average molecular weight is 337 g/mol. The van der Waals surface area contributed by atoms with E-state index in [0.29, 0.717) is 22.6 Å². The lowest BCUT2D eigenvalue weighted by atomic mass is 10.1. The van der Waals surface area contributed by atoms with Crippen LogP contribution >= 0.6 is 11.6 Å². The molecule has 4 nitrogen and oxygen atoms in total. The third-order valence-corrected chi connectivity index (χ3v) is 3.31. The molecule has 23 heavy (non-hydrogen) atoms. The Hall–Kier alpha value is -2.53. The van der Waals surface area contributed by atoms with Gasteiger partial charge < -0.3 is 14.6 Å². The Labute approximate surface area is 137 Å². The third-order valence-electron chi connectivity index (χ3n) is 3.01. The summed E-state index contributed by atoms with van der Waals surface area (Å²) in [6, 6.07) is 9.35. The predicted octanol–water partition coefficient (Wildman–Crippen LogP) is 4.16. The van der Waals surface area contributed by atoms with Crippen LogP contribution in [0.25, 0.3) is 6.08 Å². The Bertz CT molecular complexity index is 743. The first kappa shape index (κ1) is 16.8. The maximum atomic E-state index is 13.4. The summed E-state index contributed by atoms with van der Waals surface area (Å²) in [6.07, 6.45) is 2.51. The standard InChI is InChI=1S/C17H14ClFO4/c1-22-16-6-2-11(3-7-17(20)21)8-12(16)10-23-13-4-5-14(18)15(19)9-13/h2-9H,10H2,1H3,(H,20,21)/b7-3+. The lowest BCUT2D eigenvalue weighted by molar-refractivity contribution is -0.131. The van der Waals surface area contributed by atoms with Crippen LogP contribution in [0.3, 0.4) is 0 Å². The van der Waals surface area contributed by atoms with E-state index in [0.717, 1.165) is 6.08 Å². The van der Waals surface area contributed by atoms with E-state index in [4.69, 9.17) is 26.2 Å². The topological polar surface area (TPSA) is 55.8 Å². The number of benzene rings is 2. The maximum absolute atomic E-state index is 13.4. The number of carboxylic acids is 1. The van der Waals surface area contributed by atoms with Crippen molar-refractivity contribution in [2.45, 2.75) is 6.61 Å². The van der Waals surface area contributed by atoms with Crippen LogP contribution in [-0.4, -0.2) is 18.2 Å². The number of methoxy groups -OCH3 is 1. The Morgan fingerprint density at radius 3 is 2.74 bits per heavy atom. The summed E-state index contributed by atoms with van der Waals surface area (Å²) >= 11 is 5.62. The lowest BCUT2D eigenvalue weighted by Crippen LogP contribution is -2.00. The largest absolute Gasteiger partial charge is 0.496 e. The Kier molecular flexibility index (Phi) is 5.60. The fraction of sp³-hybridized carbons (Fsp3) is 0.118. The van der Waals surface area contributed by atoms with E-state index in [-0.39, 0.29) is 11.6 Å². The molecule has 2 aromatic rings. The molecule has 0 fully saturated rings. The van der Waals surface area contributed by atoms with Crippen molar-refractivity contribution in [2.24, 2.45) is 0 Å². The smallest absolute Gasteiger partial charge is 0.328 e. The number of carboxylic acid groups (broad SMARTS) is 1. The second-order valence-electron chi connectivity index (χ2n) is 4.61. The van der Waals surface area contributed by atoms with Crippen LogP contribution < -0.4 is 9.47 Å². The molecule has 0 aliphatic rings. The number of carbonyl (C=O) groups is 1. The fourth-order valence-electron chi connectivity index (χ4n) is 1.91. The minimum absolute atomic E-state index is 0.0238. The molecule has 2 rings (SSSR count). The monoisotopic (exact) mass is 336 g/mol. The molecule has 0 saturated heterocycles. The molecule has 1 N–H and O–H groups in total. The summed E-state index contributed by atoms with van der Waals surface area (Å²) in [6.45, 7) is 0.138. The highest BCUT2D eigenvalue weighted by molar-refractivity contribution is 6.30. The third kappa shape index (κ3) is 4.72. The van der Waals surface area contributed by atoms with Gasteiger partial charge in [-0.15, -0.1) is 0 Å². The van der Waals surface area contributed by atoms with Crippen molar-refractivity contribution in [2.75, 3.05) is 7.11 Å². The van der Waals surface area contributed by atoms with Crippen molar-refractivity contribution >= 4 is 23.6 Å². The van der Waals surface area contributed by atoms with Crippen LogP contribution in [0.2, 0.25) is 5.02 Å². The molecule has 0 aliphatic heterocycles. The van der Waals surface area contributed by atoms with E-state index in [1.165, 1.54) is 25.3 Å². The van der Waals surface area contributed by atoms with Crippen LogP contribution in [0.4, 0.5) is 4.39 Å². The van der Waals surface area contributed by atoms with Crippen molar-refractivity contribution in [1.82, 2.24) is 0 Å². The molecule has 0 bridgehead atoms. The highest BCUT2D eigenvalue weighted by atomic mass is 35.5. The minimum Gasteiger partial charge on any atom is -0.496 e. The summed E-state index contributed by atoms with van der Waals surface area (Å²) in [5.41, 5.74) is 1.39. The molecule has 0 spiro atoms. The van der Waals surface area contributed by atoms with Gasteiger partial charge in [0.1, 0.15) is 23.9 Å². The molecule has 2 aromatic carbocycles. The van der Waals surface area contributed by atoms with Gasteiger partial charge in [-0.25, -0.2) is 9.18 Å². The van der Waals surface area contributed by atoms with E-state index in [2.05, 4.69) is 0 Å². The second-order valence-corrected chi connectivity index (χ2v) is 5.01. The zero-order chi connectivity index (χ0) is 16.8. The Balaban J connectivity index is 2.18.